The first kappa shape index (κ1) is 26.9. The quantitative estimate of drug-likeness (QED) is 0.158. The second-order valence-electron chi connectivity index (χ2n) is 8.94. The van der Waals surface area contributed by atoms with Crippen molar-refractivity contribution < 1.29 is 26.0 Å². The lowest BCUT2D eigenvalue weighted by molar-refractivity contribution is 0.148. The van der Waals surface area contributed by atoms with Gasteiger partial charge in [0.25, 0.3) is 16.4 Å². The van der Waals surface area contributed by atoms with E-state index in [4.69, 9.17) is 5.73 Å². The number of aromatic nitrogens is 5. The van der Waals surface area contributed by atoms with Crippen molar-refractivity contribution in [3.63, 3.8) is 0 Å². The normalized spacial score (nSPS) is 11.8. The van der Waals surface area contributed by atoms with E-state index in [1.807, 2.05) is 4.72 Å². The van der Waals surface area contributed by atoms with Gasteiger partial charge in [-0.05, 0) is 42.5 Å². The van der Waals surface area contributed by atoms with Crippen LogP contribution in [0.2, 0.25) is 0 Å². The topological polar surface area (TPSA) is 141 Å². The minimum Gasteiger partial charge on any atom is -0.397 e. The number of pyridine rings is 1. The van der Waals surface area contributed by atoms with Crippen LogP contribution in [0.15, 0.2) is 84.3 Å². The van der Waals surface area contributed by atoms with Gasteiger partial charge in [0, 0.05) is 5.56 Å². The molecule has 3 heterocycles. The Labute approximate surface area is 234 Å². The van der Waals surface area contributed by atoms with Crippen LogP contribution in [0.25, 0.3) is 27.9 Å². The zero-order chi connectivity index (χ0) is 29.6. The van der Waals surface area contributed by atoms with Crippen molar-refractivity contribution in [2.45, 2.75) is 11.3 Å². The molecule has 0 fully saturated rings. The molecule has 10 nitrogen and oxygen atoms in total. The summed E-state index contributed by atoms with van der Waals surface area (Å²) < 4.78 is 86.7. The molecule has 6 aromatic rings. The molecule has 4 N–H and O–H groups in total. The van der Waals surface area contributed by atoms with Crippen LogP contribution in [0.4, 0.5) is 40.4 Å². The van der Waals surface area contributed by atoms with Crippen LogP contribution in [0.1, 0.15) is 12.0 Å². The van der Waals surface area contributed by atoms with Gasteiger partial charge in [-0.2, -0.15) is 0 Å². The van der Waals surface area contributed by atoms with Crippen LogP contribution in [-0.2, 0) is 10.0 Å². The third-order valence-electron chi connectivity index (χ3n) is 6.34. The Morgan fingerprint density at radius 1 is 0.881 bits per heavy atom. The molecule has 0 saturated heterocycles. The number of nitrogens with two attached hydrogens (primary N) is 1. The fourth-order valence-electron chi connectivity index (χ4n) is 4.37. The molecule has 42 heavy (non-hydrogen) atoms. The minimum atomic E-state index is -4.68. The highest BCUT2D eigenvalue weighted by atomic mass is 32.2. The third kappa shape index (κ3) is 4.68. The van der Waals surface area contributed by atoms with E-state index >= 15 is 4.39 Å². The predicted molar refractivity (Wildman–Crippen MR) is 148 cm³/mol. The lowest BCUT2D eigenvalue weighted by Gasteiger charge is -2.15. The number of alkyl halides is 2. The summed E-state index contributed by atoms with van der Waals surface area (Å²) >= 11 is 0. The summed E-state index contributed by atoms with van der Waals surface area (Å²) in [6.07, 6.45) is -0.426. The Morgan fingerprint density at radius 3 is 2.50 bits per heavy atom. The number of halogens is 4. The molecule has 0 unspecified atom stereocenters. The number of nitrogen functional groups attached to an aromatic ring is 1. The molecule has 212 valence electrons. The van der Waals surface area contributed by atoms with Gasteiger partial charge in [-0.1, -0.05) is 24.3 Å². The molecule has 3 aromatic carbocycles. The molecule has 0 aliphatic heterocycles. The average molecular weight is 595 g/mol. The Hall–Kier alpha value is -5.31. The fourth-order valence-corrected chi connectivity index (χ4v) is 5.65. The maximum atomic E-state index is 15.6. The van der Waals surface area contributed by atoms with Gasteiger partial charge < -0.3 is 11.1 Å². The molecule has 0 radical (unpaired) electrons. The minimum absolute atomic E-state index is 0.0911. The second kappa shape index (κ2) is 10.3. The van der Waals surface area contributed by atoms with Gasteiger partial charge >= 0.3 is 0 Å². The number of nitrogens with zero attached hydrogens (tertiary/aromatic N) is 5. The van der Waals surface area contributed by atoms with Crippen molar-refractivity contribution >= 4 is 55.0 Å². The maximum Gasteiger partial charge on any atom is 0.265 e. The van der Waals surface area contributed by atoms with Crippen molar-refractivity contribution in [1.82, 2.24) is 24.5 Å². The highest BCUT2D eigenvalue weighted by Gasteiger charge is 2.26. The van der Waals surface area contributed by atoms with Gasteiger partial charge in [0.2, 0.25) is 0 Å². The van der Waals surface area contributed by atoms with Crippen LogP contribution in [0.5, 0.6) is 0 Å². The van der Waals surface area contributed by atoms with Crippen LogP contribution >= 0.6 is 0 Å². The number of hydrogen-bond donors (Lipinski definition) is 3. The van der Waals surface area contributed by atoms with Gasteiger partial charge in [0.05, 0.1) is 27.3 Å². The van der Waals surface area contributed by atoms with Gasteiger partial charge in [0.1, 0.15) is 41.0 Å². The van der Waals surface area contributed by atoms with Gasteiger partial charge in [-0.3, -0.25) is 9.29 Å². The Balaban J connectivity index is 1.39. The largest absolute Gasteiger partial charge is 0.397 e. The molecule has 0 aliphatic rings. The lowest BCUT2D eigenvalue weighted by Crippen LogP contribution is -2.17. The summed E-state index contributed by atoms with van der Waals surface area (Å²) in [5.74, 6) is -2.13. The molecule has 0 spiro atoms. The highest BCUT2D eigenvalue weighted by molar-refractivity contribution is 7.92. The SMILES string of the molecule is Nc1cccc2c1ncn2-c1ccc2ncnc(Nc3c(F)ccc(NS(=O)(=O)c4ccccc4C(F)F)c3F)c2n1. The molecule has 6 rings (SSSR count). The molecular weight excluding hydrogens is 576 g/mol. The number of anilines is 4. The first-order chi connectivity index (χ1) is 20.1. The third-order valence-corrected chi connectivity index (χ3v) is 7.78. The summed E-state index contributed by atoms with van der Waals surface area (Å²) in [5, 5.41) is 2.53. The van der Waals surface area contributed by atoms with Crippen molar-refractivity contribution in [2.24, 2.45) is 0 Å². The molecule has 0 bridgehead atoms. The number of hydrogen-bond acceptors (Lipinski definition) is 8. The summed E-state index contributed by atoms with van der Waals surface area (Å²) in [7, 11) is -4.68. The van der Waals surface area contributed by atoms with Gasteiger partial charge in [-0.25, -0.2) is 45.9 Å². The van der Waals surface area contributed by atoms with Crippen molar-refractivity contribution in [3.05, 3.63) is 96.6 Å². The van der Waals surface area contributed by atoms with Crippen LogP contribution < -0.4 is 15.8 Å². The number of imidazole rings is 1. The number of rotatable bonds is 7. The summed E-state index contributed by atoms with van der Waals surface area (Å²) in [4.78, 5) is 16.4. The molecule has 15 heteroatoms. The molecule has 0 saturated carbocycles. The Bertz CT molecular complexity index is 2100. The molecular formula is C27H18F4N8O2S. The maximum absolute atomic E-state index is 15.6. The first-order valence-corrected chi connectivity index (χ1v) is 13.6. The Morgan fingerprint density at radius 2 is 1.69 bits per heavy atom. The Kier molecular flexibility index (Phi) is 6.57. The van der Waals surface area contributed by atoms with E-state index in [0.717, 1.165) is 30.6 Å². The molecule has 3 aromatic heterocycles. The van der Waals surface area contributed by atoms with Crippen molar-refractivity contribution in [1.29, 1.82) is 0 Å². The monoisotopic (exact) mass is 594 g/mol. The number of nitrogens with one attached hydrogen (secondary N) is 2. The van der Waals surface area contributed by atoms with Crippen LogP contribution in [0.3, 0.4) is 0 Å². The molecule has 0 amide bonds. The van der Waals surface area contributed by atoms with Crippen LogP contribution in [-0.4, -0.2) is 32.9 Å². The zero-order valence-corrected chi connectivity index (χ0v) is 21.9. The van der Waals surface area contributed by atoms with E-state index in [2.05, 4.69) is 25.3 Å². The predicted octanol–water partition coefficient (Wildman–Crippen LogP) is 5.71. The number of para-hydroxylation sites is 1. The van der Waals surface area contributed by atoms with E-state index in [9.17, 15) is 21.6 Å². The smallest absolute Gasteiger partial charge is 0.265 e. The van der Waals surface area contributed by atoms with E-state index in [-0.39, 0.29) is 11.3 Å². The number of benzene rings is 3. The summed E-state index contributed by atoms with van der Waals surface area (Å²) in [5.41, 5.74) is 5.96. The number of fused-ring (bicyclic) bond motifs is 2. The van der Waals surface area contributed by atoms with Crippen molar-refractivity contribution in [3.8, 4) is 5.82 Å². The van der Waals surface area contributed by atoms with Gasteiger partial charge in [-0.15, -0.1) is 0 Å². The standard InChI is InChI=1S/C27H18F4N8O2S/c28-15-8-9-17(38-42(40,41)20-7-2-1-4-14(20)26(30)31)22(29)23(15)37-27-25-18(33-12-34-27)10-11-21(36-25)39-13-35-24-16(32)5-3-6-19(24)39/h1-13,26,38H,32H2,(H,33,34,37). The summed E-state index contributed by atoms with van der Waals surface area (Å²) in [6.45, 7) is 0. The molecule has 0 aliphatic carbocycles. The fraction of sp³-hybridized carbons (Fsp3) is 0.0370. The van der Waals surface area contributed by atoms with E-state index < -0.39 is 49.9 Å². The lowest BCUT2D eigenvalue weighted by atomic mass is 10.2. The van der Waals surface area contributed by atoms with Crippen LogP contribution in [0, 0.1) is 11.6 Å². The van der Waals surface area contributed by atoms with E-state index in [1.165, 1.54) is 18.5 Å². The highest BCUT2D eigenvalue weighted by Crippen LogP contribution is 2.33. The van der Waals surface area contributed by atoms with E-state index in [0.29, 0.717) is 28.1 Å². The average Bonchev–Trinajstić information content (AvgIpc) is 3.42. The zero-order valence-electron chi connectivity index (χ0n) is 21.1. The van der Waals surface area contributed by atoms with Gasteiger partial charge in [0.15, 0.2) is 11.6 Å². The summed E-state index contributed by atoms with van der Waals surface area (Å²) in [6, 6.07) is 14.6. The second-order valence-corrected chi connectivity index (χ2v) is 10.6. The first-order valence-electron chi connectivity index (χ1n) is 12.1. The van der Waals surface area contributed by atoms with Crippen molar-refractivity contribution in [2.75, 3.05) is 15.8 Å². The number of sulfonamides is 1. The van der Waals surface area contributed by atoms with E-state index in [1.54, 1.807) is 34.9 Å². The molecule has 0 atom stereocenters.